The summed E-state index contributed by atoms with van der Waals surface area (Å²) in [5.74, 6) is -0.263. The lowest BCUT2D eigenvalue weighted by Gasteiger charge is -2.33. The fourth-order valence-corrected chi connectivity index (χ4v) is 2.37. The second-order valence-electron chi connectivity index (χ2n) is 6.30. The summed E-state index contributed by atoms with van der Waals surface area (Å²) in [7, 11) is 0. The molecule has 1 aromatic heterocycles. The van der Waals surface area contributed by atoms with Crippen LogP contribution in [0, 0.1) is 5.82 Å². The molecule has 0 spiro atoms. The average Bonchev–Trinajstić information content (AvgIpc) is 2.34. The van der Waals surface area contributed by atoms with Crippen LogP contribution in [0.4, 0.5) is 21.6 Å². The highest BCUT2D eigenvalue weighted by molar-refractivity contribution is 5.72. The molecule has 112 valence electrons. The number of nitrogens with two attached hydrogens (primary N) is 2. The standard InChI is InChI=1S/C14H23FN4O/c1-8-7-19(5-6-20-8)13-9(15)10(16)11(17)12(18-13)14(2,3)4/h8H,5-7,17H2,1-4H3,(H2,16,18)/t8-/m1/s1. The van der Waals surface area contributed by atoms with Crippen molar-refractivity contribution in [3.8, 4) is 0 Å². The van der Waals surface area contributed by atoms with Crippen LogP contribution in [0.15, 0.2) is 0 Å². The summed E-state index contributed by atoms with van der Waals surface area (Å²) in [5.41, 5.74) is 12.3. The third kappa shape index (κ3) is 2.65. The molecule has 4 N–H and O–H groups in total. The minimum absolute atomic E-state index is 0.0148. The van der Waals surface area contributed by atoms with E-state index in [4.69, 9.17) is 16.2 Å². The molecule has 20 heavy (non-hydrogen) atoms. The largest absolute Gasteiger partial charge is 0.395 e. The van der Waals surface area contributed by atoms with Gasteiger partial charge in [0.2, 0.25) is 0 Å². The number of hydrogen-bond acceptors (Lipinski definition) is 5. The number of nitrogens with zero attached hydrogens (tertiary/aromatic N) is 2. The fraction of sp³-hybridized carbons (Fsp3) is 0.643. The van der Waals surface area contributed by atoms with Crippen molar-refractivity contribution < 1.29 is 9.13 Å². The zero-order chi connectivity index (χ0) is 15.1. The zero-order valence-corrected chi connectivity index (χ0v) is 12.5. The molecule has 0 unspecified atom stereocenters. The van der Waals surface area contributed by atoms with Crippen LogP contribution in [0.2, 0.25) is 0 Å². The van der Waals surface area contributed by atoms with E-state index in [9.17, 15) is 4.39 Å². The highest BCUT2D eigenvalue weighted by Gasteiger charge is 2.28. The van der Waals surface area contributed by atoms with Gasteiger partial charge in [-0.1, -0.05) is 20.8 Å². The summed E-state index contributed by atoms with van der Waals surface area (Å²) in [6.45, 7) is 9.64. The first-order valence-electron chi connectivity index (χ1n) is 6.83. The third-order valence-electron chi connectivity index (χ3n) is 3.45. The number of aromatic nitrogens is 1. The summed E-state index contributed by atoms with van der Waals surface area (Å²) >= 11 is 0. The first kappa shape index (κ1) is 14.8. The summed E-state index contributed by atoms with van der Waals surface area (Å²) in [4.78, 5) is 6.32. The normalized spacial score (nSPS) is 20.2. The Balaban J connectivity index is 2.50. The monoisotopic (exact) mass is 282 g/mol. The van der Waals surface area contributed by atoms with Crippen molar-refractivity contribution in [3.05, 3.63) is 11.5 Å². The van der Waals surface area contributed by atoms with Crippen LogP contribution in [0.3, 0.4) is 0 Å². The lowest BCUT2D eigenvalue weighted by Crippen LogP contribution is -2.42. The molecule has 2 heterocycles. The molecular weight excluding hydrogens is 259 g/mol. The van der Waals surface area contributed by atoms with Gasteiger partial charge in [-0.15, -0.1) is 0 Å². The van der Waals surface area contributed by atoms with Crippen molar-refractivity contribution in [2.75, 3.05) is 36.1 Å². The molecule has 1 atom stereocenters. The van der Waals surface area contributed by atoms with E-state index < -0.39 is 5.82 Å². The SMILES string of the molecule is C[C@@H]1CN(c2nc(C(C)(C)C)c(N)c(N)c2F)CCO1. The smallest absolute Gasteiger partial charge is 0.190 e. The van der Waals surface area contributed by atoms with Crippen LogP contribution in [-0.2, 0) is 10.2 Å². The molecule has 0 radical (unpaired) electrons. The van der Waals surface area contributed by atoms with Gasteiger partial charge < -0.3 is 21.1 Å². The molecule has 0 amide bonds. The molecule has 0 saturated carbocycles. The van der Waals surface area contributed by atoms with Gasteiger partial charge >= 0.3 is 0 Å². The fourth-order valence-electron chi connectivity index (χ4n) is 2.37. The van der Waals surface area contributed by atoms with Gasteiger partial charge in [-0.05, 0) is 6.92 Å². The Morgan fingerprint density at radius 2 is 1.95 bits per heavy atom. The molecule has 0 bridgehead atoms. The summed E-state index contributed by atoms with van der Waals surface area (Å²) < 4.78 is 19.9. The highest BCUT2D eigenvalue weighted by Crippen LogP contribution is 2.35. The Morgan fingerprint density at radius 3 is 2.50 bits per heavy atom. The minimum Gasteiger partial charge on any atom is -0.395 e. The summed E-state index contributed by atoms with van der Waals surface area (Å²) in [5, 5.41) is 0. The van der Waals surface area contributed by atoms with Crippen molar-refractivity contribution in [1.82, 2.24) is 4.98 Å². The third-order valence-corrected chi connectivity index (χ3v) is 3.45. The number of nitrogen functional groups attached to an aromatic ring is 2. The van der Waals surface area contributed by atoms with Gasteiger partial charge in [-0.3, -0.25) is 0 Å². The first-order chi connectivity index (χ1) is 9.21. The molecule has 1 saturated heterocycles. The molecule has 5 nitrogen and oxygen atoms in total. The number of hydrogen-bond donors (Lipinski definition) is 2. The number of rotatable bonds is 1. The predicted octanol–water partition coefficient (Wildman–Crippen LogP) is 1.91. The highest BCUT2D eigenvalue weighted by atomic mass is 19.1. The lowest BCUT2D eigenvalue weighted by atomic mass is 9.90. The molecule has 1 fully saturated rings. The van der Waals surface area contributed by atoms with Gasteiger partial charge in [0.25, 0.3) is 0 Å². The zero-order valence-electron chi connectivity index (χ0n) is 12.5. The first-order valence-corrected chi connectivity index (χ1v) is 6.83. The van der Waals surface area contributed by atoms with Gasteiger partial charge in [-0.2, -0.15) is 0 Å². The quantitative estimate of drug-likeness (QED) is 0.822. The number of pyridine rings is 1. The van der Waals surface area contributed by atoms with Crippen LogP contribution < -0.4 is 16.4 Å². The lowest BCUT2D eigenvalue weighted by molar-refractivity contribution is 0.0527. The van der Waals surface area contributed by atoms with E-state index in [2.05, 4.69) is 4.98 Å². The van der Waals surface area contributed by atoms with E-state index in [0.717, 1.165) is 0 Å². The maximum Gasteiger partial charge on any atom is 0.190 e. The molecule has 0 aromatic carbocycles. The predicted molar refractivity (Wildman–Crippen MR) is 79.3 cm³/mol. The molecule has 1 aromatic rings. The topological polar surface area (TPSA) is 77.4 Å². The second-order valence-corrected chi connectivity index (χ2v) is 6.30. The number of anilines is 3. The van der Waals surface area contributed by atoms with Crippen molar-refractivity contribution in [2.45, 2.75) is 39.2 Å². The van der Waals surface area contributed by atoms with Crippen LogP contribution in [0.5, 0.6) is 0 Å². The number of morpholine rings is 1. The molecule has 1 aliphatic heterocycles. The van der Waals surface area contributed by atoms with Crippen molar-refractivity contribution in [1.29, 1.82) is 0 Å². The van der Waals surface area contributed by atoms with E-state index in [1.165, 1.54) is 0 Å². The summed E-state index contributed by atoms with van der Waals surface area (Å²) in [6.07, 6.45) is 0.0433. The van der Waals surface area contributed by atoms with Gasteiger partial charge in [0.1, 0.15) is 0 Å². The Hall–Kier alpha value is -1.56. The van der Waals surface area contributed by atoms with Gasteiger partial charge in [0, 0.05) is 18.5 Å². The van der Waals surface area contributed by atoms with Crippen molar-refractivity contribution in [2.24, 2.45) is 0 Å². The Labute approximate surface area is 119 Å². The van der Waals surface area contributed by atoms with Crippen LogP contribution in [0.1, 0.15) is 33.4 Å². The summed E-state index contributed by atoms with van der Waals surface area (Å²) in [6, 6.07) is 0. The molecule has 6 heteroatoms. The minimum atomic E-state index is -0.537. The maximum absolute atomic E-state index is 14.4. The van der Waals surface area contributed by atoms with E-state index >= 15 is 0 Å². The Morgan fingerprint density at radius 1 is 1.30 bits per heavy atom. The van der Waals surface area contributed by atoms with Gasteiger partial charge in [0.15, 0.2) is 11.6 Å². The molecular formula is C14H23FN4O. The Kier molecular flexibility index (Phi) is 3.77. The van der Waals surface area contributed by atoms with E-state index in [0.29, 0.717) is 25.4 Å². The van der Waals surface area contributed by atoms with Crippen LogP contribution >= 0.6 is 0 Å². The van der Waals surface area contributed by atoms with Gasteiger partial charge in [0.05, 0.1) is 29.8 Å². The van der Waals surface area contributed by atoms with Crippen molar-refractivity contribution in [3.63, 3.8) is 0 Å². The molecule has 0 aliphatic carbocycles. The number of ether oxygens (including phenoxy) is 1. The molecule has 2 rings (SSSR count). The van der Waals surface area contributed by atoms with Gasteiger partial charge in [-0.25, -0.2) is 9.37 Å². The van der Waals surface area contributed by atoms with E-state index in [-0.39, 0.29) is 28.7 Å². The van der Waals surface area contributed by atoms with E-state index in [1.807, 2.05) is 32.6 Å². The molecule has 1 aliphatic rings. The van der Waals surface area contributed by atoms with Crippen LogP contribution in [0.25, 0.3) is 0 Å². The number of halogens is 1. The van der Waals surface area contributed by atoms with Crippen molar-refractivity contribution >= 4 is 17.2 Å². The van der Waals surface area contributed by atoms with Crippen LogP contribution in [-0.4, -0.2) is 30.8 Å². The maximum atomic E-state index is 14.4. The van der Waals surface area contributed by atoms with E-state index in [1.54, 1.807) is 0 Å². The second kappa shape index (κ2) is 5.09. The Bertz CT molecular complexity index is 513. The average molecular weight is 282 g/mol.